The molecule has 0 aliphatic carbocycles. The molecule has 7 nitrogen and oxygen atoms in total. The number of nitrogens with two attached hydrogens (primary N) is 1. The zero-order chi connectivity index (χ0) is 16.9. The second kappa shape index (κ2) is 7.38. The van der Waals surface area contributed by atoms with E-state index in [0.717, 1.165) is 18.5 Å². The van der Waals surface area contributed by atoms with Gasteiger partial charge in [0.05, 0.1) is 17.6 Å². The van der Waals surface area contributed by atoms with Crippen molar-refractivity contribution < 1.29 is 13.2 Å². The third kappa shape index (κ3) is 5.19. The van der Waals surface area contributed by atoms with Crippen LogP contribution in [-0.4, -0.2) is 42.4 Å². The van der Waals surface area contributed by atoms with E-state index in [0.29, 0.717) is 6.54 Å². The number of hydrogen-bond donors (Lipinski definition) is 1. The summed E-state index contributed by atoms with van der Waals surface area (Å²) in [5.74, 6) is -0.0148. The summed E-state index contributed by atoms with van der Waals surface area (Å²) < 4.78 is 24.3. The fourth-order valence-corrected chi connectivity index (χ4v) is 2.66. The Kier molecular flexibility index (Phi) is 5.51. The maximum absolute atomic E-state index is 12.2. The molecule has 0 fully saturated rings. The largest absolute Gasteiger partial charge is 0.345 e. The number of rotatable bonds is 7. The van der Waals surface area contributed by atoms with Crippen molar-refractivity contribution in [1.29, 1.82) is 0 Å². The van der Waals surface area contributed by atoms with Crippen LogP contribution in [0.5, 0.6) is 0 Å². The van der Waals surface area contributed by atoms with Crippen molar-refractivity contribution >= 4 is 15.9 Å². The Morgan fingerprint density at radius 3 is 2.57 bits per heavy atom. The molecule has 8 heteroatoms. The Bertz CT molecular complexity index is 740. The third-order valence-corrected chi connectivity index (χ3v) is 4.43. The number of carbonyl (C=O) groups excluding carboxylic acids is 1. The highest BCUT2D eigenvalue weighted by atomic mass is 32.2. The number of aryl methyl sites for hydroxylation is 1. The summed E-state index contributed by atoms with van der Waals surface area (Å²) in [6.07, 6.45) is 6.42. The van der Waals surface area contributed by atoms with Gasteiger partial charge in [0.25, 0.3) is 0 Å². The molecular weight excluding hydrogens is 316 g/mol. The first-order chi connectivity index (χ1) is 10.9. The second-order valence-electron chi connectivity index (χ2n) is 5.34. The number of carbonyl (C=O) groups is 1. The van der Waals surface area contributed by atoms with E-state index < -0.39 is 10.0 Å². The summed E-state index contributed by atoms with van der Waals surface area (Å²) in [4.78, 5) is 17.8. The molecule has 0 spiro atoms. The molecule has 0 aliphatic rings. The lowest BCUT2D eigenvalue weighted by Crippen LogP contribution is -2.29. The fourth-order valence-electron chi connectivity index (χ4n) is 2.14. The Morgan fingerprint density at radius 2 is 2.00 bits per heavy atom. The molecule has 23 heavy (non-hydrogen) atoms. The molecule has 0 atom stereocenters. The van der Waals surface area contributed by atoms with Crippen molar-refractivity contribution in [3.8, 4) is 0 Å². The van der Waals surface area contributed by atoms with Crippen LogP contribution in [0.3, 0.4) is 0 Å². The van der Waals surface area contributed by atoms with E-state index in [4.69, 9.17) is 5.14 Å². The highest BCUT2D eigenvalue weighted by Gasteiger charge is 2.11. The molecule has 1 amide bonds. The van der Waals surface area contributed by atoms with Crippen LogP contribution in [0.25, 0.3) is 0 Å². The van der Waals surface area contributed by atoms with Crippen molar-refractivity contribution in [3.63, 3.8) is 0 Å². The molecule has 0 saturated carbocycles. The summed E-state index contributed by atoms with van der Waals surface area (Å²) >= 11 is 0. The average Bonchev–Trinajstić information content (AvgIpc) is 3.00. The number of amides is 1. The molecule has 2 rings (SSSR count). The molecular formula is C15H20N4O3S. The van der Waals surface area contributed by atoms with Gasteiger partial charge in [0.1, 0.15) is 0 Å². The van der Waals surface area contributed by atoms with Gasteiger partial charge in [0.2, 0.25) is 15.9 Å². The first kappa shape index (κ1) is 17.2. The molecule has 0 bridgehead atoms. The van der Waals surface area contributed by atoms with Crippen LogP contribution in [0.15, 0.2) is 47.9 Å². The van der Waals surface area contributed by atoms with Gasteiger partial charge in [0, 0.05) is 32.5 Å². The van der Waals surface area contributed by atoms with Crippen molar-refractivity contribution in [2.24, 2.45) is 5.14 Å². The standard InChI is InChI=1S/C15H20N4O3S/c1-18(8-2-9-19-10-7-17-12-19)15(20)11-13-3-5-14(6-4-13)23(16,21)22/h3-7,10,12H,2,8-9,11H2,1H3,(H2,16,21,22). The molecule has 1 heterocycles. The minimum atomic E-state index is -3.70. The highest BCUT2D eigenvalue weighted by Crippen LogP contribution is 2.10. The lowest BCUT2D eigenvalue weighted by molar-refractivity contribution is -0.129. The zero-order valence-corrected chi connectivity index (χ0v) is 13.7. The third-order valence-electron chi connectivity index (χ3n) is 3.50. The van der Waals surface area contributed by atoms with E-state index in [-0.39, 0.29) is 17.2 Å². The van der Waals surface area contributed by atoms with Crippen LogP contribution in [0.1, 0.15) is 12.0 Å². The van der Waals surface area contributed by atoms with Crippen LogP contribution in [-0.2, 0) is 27.8 Å². The molecule has 1 aromatic heterocycles. The first-order valence-corrected chi connectivity index (χ1v) is 8.72. The van der Waals surface area contributed by atoms with Crippen LogP contribution in [0.4, 0.5) is 0 Å². The molecule has 0 radical (unpaired) electrons. The predicted octanol–water partition coefficient (Wildman–Crippen LogP) is 0.622. The summed E-state index contributed by atoms with van der Waals surface area (Å²) in [5.41, 5.74) is 0.754. The van der Waals surface area contributed by atoms with Gasteiger partial charge in [-0.1, -0.05) is 12.1 Å². The van der Waals surface area contributed by atoms with Crippen molar-refractivity contribution in [2.45, 2.75) is 24.3 Å². The maximum Gasteiger partial charge on any atom is 0.238 e. The summed E-state index contributed by atoms with van der Waals surface area (Å²) in [6.45, 7) is 1.45. The summed E-state index contributed by atoms with van der Waals surface area (Å²) in [5, 5.41) is 5.04. The Balaban J connectivity index is 1.83. The van der Waals surface area contributed by atoms with E-state index in [9.17, 15) is 13.2 Å². The summed E-state index contributed by atoms with van der Waals surface area (Å²) in [7, 11) is -1.94. The highest BCUT2D eigenvalue weighted by molar-refractivity contribution is 7.89. The van der Waals surface area contributed by atoms with E-state index in [1.54, 1.807) is 36.6 Å². The Morgan fingerprint density at radius 1 is 1.30 bits per heavy atom. The molecule has 2 aromatic rings. The quantitative estimate of drug-likeness (QED) is 0.801. The van der Waals surface area contributed by atoms with E-state index in [2.05, 4.69) is 4.98 Å². The summed E-state index contributed by atoms with van der Waals surface area (Å²) in [6, 6.07) is 6.04. The minimum absolute atomic E-state index is 0.0148. The van der Waals surface area contributed by atoms with Gasteiger partial charge >= 0.3 is 0 Å². The Labute approximate surface area is 135 Å². The Hall–Kier alpha value is -2.19. The van der Waals surface area contributed by atoms with Crippen LogP contribution < -0.4 is 5.14 Å². The zero-order valence-electron chi connectivity index (χ0n) is 12.9. The predicted molar refractivity (Wildman–Crippen MR) is 86.0 cm³/mol. The smallest absolute Gasteiger partial charge is 0.238 e. The van der Waals surface area contributed by atoms with Gasteiger partial charge in [0.15, 0.2) is 0 Å². The average molecular weight is 336 g/mol. The SMILES string of the molecule is CN(CCCn1ccnc1)C(=O)Cc1ccc(S(N)(=O)=O)cc1. The molecule has 0 unspecified atom stereocenters. The number of hydrogen-bond acceptors (Lipinski definition) is 4. The van der Waals surface area contributed by atoms with Gasteiger partial charge in [-0.25, -0.2) is 18.5 Å². The van der Waals surface area contributed by atoms with Crippen LogP contribution in [0.2, 0.25) is 0 Å². The molecule has 2 N–H and O–H groups in total. The van der Waals surface area contributed by atoms with Gasteiger partial charge in [-0.3, -0.25) is 4.79 Å². The van der Waals surface area contributed by atoms with Crippen molar-refractivity contribution in [1.82, 2.24) is 14.5 Å². The number of benzene rings is 1. The van der Waals surface area contributed by atoms with Crippen LogP contribution >= 0.6 is 0 Å². The van der Waals surface area contributed by atoms with E-state index >= 15 is 0 Å². The van der Waals surface area contributed by atoms with Gasteiger partial charge < -0.3 is 9.47 Å². The number of aromatic nitrogens is 2. The first-order valence-electron chi connectivity index (χ1n) is 7.18. The normalized spacial score (nSPS) is 11.4. The molecule has 1 aromatic carbocycles. The van der Waals surface area contributed by atoms with E-state index in [1.807, 2.05) is 10.8 Å². The topological polar surface area (TPSA) is 98.3 Å². The number of nitrogens with zero attached hydrogens (tertiary/aromatic N) is 3. The van der Waals surface area contributed by atoms with Gasteiger partial charge in [-0.15, -0.1) is 0 Å². The molecule has 124 valence electrons. The number of likely N-dealkylation sites (N-methyl/N-ethyl adjacent to an activating group) is 1. The number of imidazole rings is 1. The van der Waals surface area contributed by atoms with Crippen molar-refractivity contribution in [3.05, 3.63) is 48.5 Å². The van der Waals surface area contributed by atoms with E-state index in [1.165, 1.54) is 12.1 Å². The minimum Gasteiger partial charge on any atom is -0.345 e. The van der Waals surface area contributed by atoms with Crippen molar-refractivity contribution in [2.75, 3.05) is 13.6 Å². The number of primary sulfonamides is 1. The maximum atomic E-state index is 12.2. The van der Waals surface area contributed by atoms with Gasteiger partial charge in [-0.05, 0) is 24.1 Å². The lowest BCUT2D eigenvalue weighted by Gasteiger charge is -2.17. The molecule has 0 saturated heterocycles. The lowest BCUT2D eigenvalue weighted by atomic mass is 10.1. The monoisotopic (exact) mass is 336 g/mol. The number of sulfonamides is 1. The van der Waals surface area contributed by atoms with Crippen LogP contribution in [0, 0.1) is 0 Å². The van der Waals surface area contributed by atoms with Gasteiger partial charge in [-0.2, -0.15) is 0 Å². The fraction of sp³-hybridized carbons (Fsp3) is 0.333. The second-order valence-corrected chi connectivity index (χ2v) is 6.90. The molecule has 0 aliphatic heterocycles.